The molecule has 2 fully saturated rings. The molecule has 7 heteroatoms. The Labute approximate surface area is 262 Å². The molecular formula is C37H44N2O4S. The molecule has 6 nitrogen and oxygen atoms in total. The van der Waals surface area contributed by atoms with Crippen molar-refractivity contribution in [2.75, 3.05) is 42.6 Å². The number of likely N-dealkylation sites (tertiary alicyclic amines) is 1. The Morgan fingerprint density at radius 2 is 1.41 bits per heavy atom. The molecule has 1 amide bonds. The molecule has 2 saturated heterocycles. The van der Waals surface area contributed by atoms with Crippen molar-refractivity contribution in [1.29, 1.82) is 0 Å². The van der Waals surface area contributed by atoms with Crippen molar-refractivity contribution >= 4 is 27.2 Å². The predicted molar refractivity (Wildman–Crippen MR) is 178 cm³/mol. The molecule has 2 aliphatic heterocycles. The van der Waals surface area contributed by atoms with Gasteiger partial charge in [0.2, 0.25) is 0 Å². The minimum atomic E-state index is -2.95. The molecule has 0 N–H and O–H groups in total. The third kappa shape index (κ3) is 7.32. The van der Waals surface area contributed by atoms with Crippen LogP contribution in [0, 0.1) is 0 Å². The van der Waals surface area contributed by atoms with Crippen LogP contribution in [0.1, 0.15) is 73.4 Å². The van der Waals surface area contributed by atoms with E-state index in [9.17, 15) is 18.0 Å². The fraction of sp³-hybridized carbons (Fsp3) is 0.405. The van der Waals surface area contributed by atoms with Crippen molar-refractivity contribution in [1.82, 2.24) is 4.90 Å². The van der Waals surface area contributed by atoms with E-state index in [0.29, 0.717) is 56.9 Å². The van der Waals surface area contributed by atoms with Crippen LogP contribution in [0.2, 0.25) is 0 Å². The van der Waals surface area contributed by atoms with E-state index in [2.05, 4.69) is 61.2 Å². The maximum atomic E-state index is 14.1. The van der Waals surface area contributed by atoms with Crippen LogP contribution in [0.25, 0.3) is 0 Å². The second-order valence-electron chi connectivity index (χ2n) is 12.3. The third-order valence-electron chi connectivity index (χ3n) is 9.49. The van der Waals surface area contributed by atoms with Gasteiger partial charge >= 0.3 is 0 Å². The number of ketones is 1. The Hall–Kier alpha value is -3.71. The Morgan fingerprint density at radius 3 is 2.00 bits per heavy atom. The highest BCUT2D eigenvalue weighted by Crippen LogP contribution is 2.39. The van der Waals surface area contributed by atoms with Gasteiger partial charge in [-0.05, 0) is 68.0 Å². The van der Waals surface area contributed by atoms with Crippen LogP contribution in [-0.4, -0.2) is 62.7 Å². The van der Waals surface area contributed by atoms with E-state index < -0.39 is 15.3 Å². The van der Waals surface area contributed by atoms with Crippen LogP contribution in [0.15, 0.2) is 96.6 Å². The molecule has 2 heterocycles. The minimum absolute atomic E-state index is 0.0304. The van der Waals surface area contributed by atoms with E-state index in [1.54, 1.807) is 0 Å². The third-order valence-corrected chi connectivity index (χ3v) is 11.1. The number of benzene rings is 3. The summed E-state index contributed by atoms with van der Waals surface area (Å²) in [7, 11) is -2.95. The molecule has 1 unspecified atom stereocenters. The lowest BCUT2D eigenvalue weighted by Crippen LogP contribution is -2.49. The highest BCUT2D eigenvalue weighted by Gasteiger charge is 2.43. The highest BCUT2D eigenvalue weighted by molar-refractivity contribution is 7.91. The quantitative estimate of drug-likeness (QED) is 0.242. The van der Waals surface area contributed by atoms with Crippen LogP contribution in [0.4, 0.5) is 5.69 Å². The molecule has 0 bridgehead atoms. The van der Waals surface area contributed by atoms with E-state index in [0.717, 1.165) is 24.1 Å². The summed E-state index contributed by atoms with van der Waals surface area (Å²) in [6, 6.07) is 28.1. The first-order valence-electron chi connectivity index (χ1n) is 15.9. The molecule has 5 rings (SSSR count). The van der Waals surface area contributed by atoms with Gasteiger partial charge in [0.1, 0.15) is 5.78 Å². The fourth-order valence-corrected chi connectivity index (χ4v) is 7.87. The Bertz CT molecular complexity index is 1540. The normalized spacial score (nSPS) is 18.9. The number of hydrogen-bond acceptors (Lipinski definition) is 5. The molecular weight excluding hydrogens is 568 g/mol. The summed E-state index contributed by atoms with van der Waals surface area (Å²) < 4.78 is 23.6. The zero-order chi connectivity index (χ0) is 31.2. The van der Waals surface area contributed by atoms with E-state index in [1.807, 2.05) is 53.4 Å². The van der Waals surface area contributed by atoms with Gasteiger partial charge in [0.15, 0.2) is 9.84 Å². The zero-order valence-corrected chi connectivity index (χ0v) is 26.8. The lowest BCUT2D eigenvalue weighted by atomic mass is 9.68. The van der Waals surface area contributed by atoms with Crippen molar-refractivity contribution < 1.29 is 18.0 Å². The molecule has 0 aliphatic carbocycles. The lowest BCUT2D eigenvalue weighted by Gasteiger charge is -2.41. The van der Waals surface area contributed by atoms with Crippen LogP contribution < -0.4 is 4.90 Å². The van der Waals surface area contributed by atoms with E-state index in [1.165, 1.54) is 11.1 Å². The monoisotopic (exact) mass is 612 g/mol. The van der Waals surface area contributed by atoms with Gasteiger partial charge in [-0.3, -0.25) is 9.59 Å². The molecule has 0 aromatic heterocycles. The fourth-order valence-electron chi connectivity index (χ4n) is 6.67. The second kappa shape index (κ2) is 13.9. The maximum Gasteiger partial charge on any atom is 0.253 e. The molecule has 3 aromatic rings. The molecule has 232 valence electrons. The smallest absolute Gasteiger partial charge is 0.253 e. The van der Waals surface area contributed by atoms with Gasteiger partial charge in [0.05, 0.1) is 16.9 Å². The number of anilines is 1. The molecule has 0 saturated carbocycles. The van der Waals surface area contributed by atoms with Gasteiger partial charge in [0.25, 0.3) is 5.91 Å². The summed E-state index contributed by atoms with van der Waals surface area (Å²) in [6.45, 7) is 6.31. The van der Waals surface area contributed by atoms with Gasteiger partial charge in [0, 0.05) is 49.8 Å². The van der Waals surface area contributed by atoms with Gasteiger partial charge in [-0.25, -0.2) is 8.42 Å². The molecule has 3 aromatic carbocycles. The van der Waals surface area contributed by atoms with E-state index in [-0.39, 0.29) is 23.2 Å². The zero-order valence-electron chi connectivity index (χ0n) is 26.0. The van der Waals surface area contributed by atoms with Gasteiger partial charge in [-0.2, -0.15) is 0 Å². The van der Waals surface area contributed by atoms with Gasteiger partial charge in [-0.1, -0.05) is 79.2 Å². The van der Waals surface area contributed by atoms with Gasteiger partial charge in [-0.15, -0.1) is 0 Å². The Morgan fingerprint density at radius 1 is 0.818 bits per heavy atom. The number of rotatable bonds is 10. The molecule has 0 radical (unpaired) electrons. The first-order valence-corrected chi connectivity index (χ1v) is 17.7. The minimum Gasteiger partial charge on any atom is -0.369 e. The summed E-state index contributed by atoms with van der Waals surface area (Å²) >= 11 is 0. The summed E-state index contributed by atoms with van der Waals surface area (Å²) in [4.78, 5) is 31.5. The van der Waals surface area contributed by atoms with Crippen molar-refractivity contribution in [3.05, 3.63) is 113 Å². The molecule has 1 atom stereocenters. The summed E-state index contributed by atoms with van der Waals surface area (Å²) in [5.74, 6) is 0.883. The lowest BCUT2D eigenvalue weighted by molar-refractivity contribution is -0.126. The predicted octanol–water partition coefficient (Wildman–Crippen LogP) is 6.58. The molecule has 0 spiro atoms. The van der Waals surface area contributed by atoms with E-state index in [4.69, 9.17) is 0 Å². The van der Waals surface area contributed by atoms with Crippen LogP contribution in [0.5, 0.6) is 0 Å². The first kappa shape index (κ1) is 31.7. The van der Waals surface area contributed by atoms with Crippen molar-refractivity contribution in [2.45, 2.75) is 57.3 Å². The summed E-state index contributed by atoms with van der Waals surface area (Å²) in [5, 5.41) is 0. The number of sulfone groups is 1. The van der Waals surface area contributed by atoms with Crippen LogP contribution >= 0.6 is 0 Å². The van der Waals surface area contributed by atoms with Crippen LogP contribution in [-0.2, 0) is 20.0 Å². The number of Topliss-reactive ketones (excluding diaryl/α,β-unsaturated/α-hetero) is 1. The average Bonchev–Trinajstić information content (AvgIpc) is 3.06. The van der Waals surface area contributed by atoms with Crippen molar-refractivity contribution in [2.24, 2.45) is 0 Å². The highest BCUT2D eigenvalue weighted by atomic mass is 32.2. The van der Waals surface area contributed by atoms with Crippen molar-refractivity contribution in [3.63, 3.8) is 0 Å². The Kier molecular flexibility index (Phi) is 10.0. The number of carbonyl (C=O) groups excluding carboxylic acids is 2. The summed E-state index contributed by atoms with van der Waals surface area (Å²) in [6.07, 6.45) is 5.75. The van der Waals surface area contributed by atoms with E-state index >= 15 is 0 Å². The standard InChI is InChI=1S/C37H44N2O4S/c1-3-30(31-10-6-4-7-11-31)28-29(2)14-19-35(40)37(33-12-8-5-9-13-33)20-22-39(23-21-37)36(41)32-15-17-34(18-16-32)38-24-26-44(42,43)27-25-38/h4-13,15-18,28,30H,3,14,19-27H2,1-2H3. The maximum absolute atomic E-state index is 14.1. The number of allylic oxidation sites excluding steroid dienone is 2. The summed E-state index contributed by atoms with van der Waals surface area (Å²) in [5.41, 5.74) is 4.53. The van der Waals surface area contributed by atoms with Crippen molar-refractivity contribution in [3.8, 4) is 0 Å². The number of amides is 1. The number of carbonyl (C=O) groups is 2. The van der Waals surface area contributed by atoms with Crippen LogP contribution in [0.3, 0.4) is 0 Å². The largest absolute Gasteiger partial charge is 0.369 e. The van der Waals surface area contributed by atoms with Gasteiger partial charge < -0.3 is 9.80 Å². The average molecular weight is 613 g/mol. The number of hydrogen-bond donors (Lipinski definition) is 0. The Balaban J connectivity index is 1.24. The first-order chi connectivity index (χ1) is 21.2. The SMILES string of the molecule is CCC(C=C(C)CCC(=O)C1(c2ccccc2)CCN(C(=O)c2ccc(N3CCS(=O)(=O)CC3)cc2)CC1)c1ccccc1. The molecule has 2 aliphatic rings. The number of nitrogens with zero attached hydrogens (tertiary/aromatic N) is 2. The second-order valence-corrected chi connectivity index (χ2v) is 14.6. The molecule has 44 heavy (non-hydrogen) atoms. The topological polar surface area (TPSA) is 74.8 Å². The number of piperidine rings is 1.